The standard InChI is InChI=1S/C16H18O/c1-11-9-13(3)14(4)16(10-11)17-15-8-6-5-7-12(15)2/h5-10H,1-4H3. The van der Waals surface area contributed by atoms with Crippen LogP contribution in [0.4, 0.5) is 0 Å². The molecular formula is C16H18O. The molecule has 0 aliphatic heterocycles. The summed E-state index contributed by atoms with van der Waals surface area (Å²) in [6.07, 6.45) is 0. The quantitative estimate of drug-likeness (QED) is 0.720. The average molecular weight is 226 g/mol. The van der Waals surface area contributed by atoms with Gasteiger partial charge in [0.2, 0.25) is 0 Å². The molecule has 88 valence electrons. The first kappa shape index (κ1) is 11.7. The Hall–Kier alpha value is -1.76. The maximum Gasteiger partial charge on any atom is 0.130 e. The minimum Gasteiger partial charge on any atom is -0.457 e. The predicted octanol–water partition coefficient (Wildman–Crippen LogP) is 4.71. The molecule has 0 bridgehead atoms. The molecule has 0 saturated carbocycles. The highest BCUT2D eigenvalue weighted by Crippen LogP contribution is 2.30. The summed E-state index contributed by atoms with van der Waals surface area (Å²) in [7, 11) is 0. The van der Waals surface area contributed by atoms with Crippen molar-refractivity contribution in [3.05, 3.63) is 58.7 Å². The Kier molecular flexibility index (Phi) is 3.19. The maximum absolute atomic E-state index is 6.00. The minimum absolute atomic E-state index is 0.931. The Morgan fingerprint density at radius 2 is 1.47 bits per heavy atom. The second kappa shape index (κ2) is 4.62. The molecule has 0 radical (unpaired) electrons. The molecule has 0 aliphatic carbocycles. The van der Waals surface area contributed by atoms with Gasteiger partial charge in [-0.2, -0.15) is 0 Å². The van der Waals surface area contributed by atoms with Crippen LogP contribution in [0.3, 0.4) is 0 Å². The van der Waals surface area contributed by atoms with Gasteiger partial charge in [-0.15, -0.1) is 0 Å². The van der Waals surface area contributed by atoms with E-state index in [4.69, 9.17) is 4.74 Å². The van der Waals surface area contributed by atoms with Crippen LogP contribution in [-0.4, -0.2) is 0 Å². The third kappa shape index (κ3) is 2.50. The Labute approximate surface area is 103 Å². The molecule has 0 N–H and O–H groups in total. The van der Waals surface area contributed by atoms with Gasteiger partial charge < -0.3 is 4.74 Å². The summed E-state index contributed by atoms with van der Waals surface area (Å²) in [5.41, 5.74) is 4.87. The van der Waals surface area contributed by atoms with Gasteiger partial charge in [-0.1, -0.05) is 24.3 Å². The maximum atomic E-state index is 6.00. The number of aryl methyl sites for hydroxylation is 3. The van der Waals surface area contributed by atoms with Crippen molar-refractivity contribution in [1.29, 1.82) is 0 Å². The summed E-state index contributed by atoms with van der Waals surface area (Å²) < 4.78 is 6.00. The monoisotopic (exact) mass is 226 g/mol. The van der Waals surface area contributed by atoms with Crippen LogP contribution in [0.5, 0.6) is 11.5 Å². The molecule has 2 rings (SSSR count). The van der Waals surface area contributed by atoms with Crippen LogP contribution >= 0.6 is 0 Å². The average Bonchev–Trinajstić information content (AvgIpc) is 2.28. The molecule has 0 atom stereocenters. The largest absolute Gasteiger partial charge is 0.457 e. The van der Waals surface area contributed by atoms with E-state index in [1.54, 1.807) is 0 Å². The molecule has 0 spiro atoms. The molecule has 0 heterocycles. The fourth-order valence-corrected chi connectivity index (χ4v) is 1.90. The van der Waals surface area contributed by atoms with E-state index in [9.17, 15) is 0 Å². The van der Waals surface area contributed by atoms with E-state index in [-0.39, 0.29) is 0 Å². The zero-order chi connectivity index (χ0) is 12.4. The fraction of sp³-hybridized carbons (Fsp3) is 0.250. The highest BCUT2D eigenvalue weighted by Gasteiger charge is 2.06. The first-order chi connectivity index (χ1) is 8.08. The van der Waals surface area contributed by atoms with Gasteiger partial charge in [0.25, 0.3) is 0 Å². The van der Waals surface area contributed by atoms with E-state index < -0.39 is 0 Å². The number of para-hydroxylation sites is 1. The van der Waals surface area contributed by atoms with Crippen molar-refractivity contribution in [2.45, 2.75) is 27.7 Å². The molecule has 0 aliphatic rings. The number of hydrogen-bond acceptors (Lipinski definition) is 1. The van der Waals surface area contributed by atoms with Crippen molar-refractivity contribution in [1.82, 2.24) is 0 Å². The molecule has 2 aromatic carbocycles. The van der Waals surface area contributed by atoms with Gasteiger partial charge in [-0.05, 0) is 62.1 Å². The third-order valence-electron chi connectivity index (χ3n) is 3.08. The van der Waals surface area contributed by atoms with Crippen LogP contribution < -0.4 is 4.74 Å². The number of benzene rings is 2. The number of rotatable bonds is 2. The van der Waals surface area contributed by atoms with E-state index in [0.717, 1.165) is 17.1 Å². The molecule has 17 heavy (non-hydrogen) atoms. The van der Waals surface area contributed by atoms with Crippen molar-refractivity contribution in [2.75, 3.05) is 0 Å². The minimum atomic E-state index is 0.931. The lowest BCUT2D eigenvalue weighted by molar-refractivity contribution is 0.474. The second-order valence-corrected chi connectivity index (χ2v) is 4.57. The first-order valence-electron chi connectivity index (χ1n) is 5.89. The van der Waals surface area contributed by atoms with Crippen molar-refractivity contribution < 1.29 is 4.74 Å². The molecule has 0 amide bonds. The Morgan fingerprint density at radius 3 is 2.18 bits per heavy atom. The normalized spacial score (nSPS) is 10.4. The van der Waals surface area contributed by atoms with Crippen LogP contribution in [0.15, 0.2) is 36.4 Å². The smallest absolute Gasteiger partial charge is 0.130 e. The topological polar surface area (TPSA) is 9.23 Å². The highest BCUT2D eigenvalue weighted by molar-refractivity contribution is 5.45. The Morgan fingerprint density at radius 1 is 0.765 bits per heavy atom. The summed E-state index contributed by atoms with van der Waals surface area (Å²) >= 11 is 0. The van der Waals surface area contributed by atoms with Gasteiger partial charge in [0.05, 0.1) is 0 Å². The lowest BCUT2D eigenvalue weighted by Crippen LogP contribution is -1.93. The SMILES string of the molecule is Cc1cc(C)c(C)c(Oc2ccccc2C)c1. The number of ether oxygens (including phenoxy) is 1. The summed E-state index contributed by atoms with van der Waals surface area (Å²) in [6.45, 7) is 8.37. The van der Waals surface area contributed by atoms with Crippen LogP contribution in [0, 0.1) is 27.7 Å². The summed E-state index contributed by atoms with van der Waals surface area (Å²) in [5, 5.41) is 0. The van der Waals surface area contributed by atoms with Crippen LogP contribution in [-0.2, 0) is 0 Å². The zero-order valence-corrected chi connectivity index (χ0v) is 10.9. The highest BCUT2D eigenvalue weighted by atomic mass is 16.5. The first-order valence-corrected chi connectivity index (χ1v) is 5.89. The van der Waals surface area contributed by atoms with Crippen molar-refractivity contribution in [2.24, 2.45) is 0 Å². The number of hydrogen-bond donors (Lipinski definition) is 0. The van der Waals surface area contributed by atoms with Gasteiger partial charge in [-0.25, -0.2) is 0 Å². The predicted molar refractivity (Wildman–Crippen MR) is 71.9 cm³/mol. The molecule has 1 heteroatoms. The molecule has 0 aromatic heterocycles. The summed E-state index contributed by atoms with van der Waals surface area (Å²) in [4.78, 5) is 0. The van der Waals surface area contributed by atoms with E-state index in [2.05, 4.69) is 45.9 Å². The second-order valence-electron chi connectivity index (χ2n) is 4.57. The van der Waals surface area contributed by atoms with Crippen LogP contribution in [0.2, 0.25) is 0 Å². The molecular weight excluding hydrogens is 208 g/mol. The van der Waals surface area contributed by atoms with Crippen molar-refractivity contribution in [3.8, 4) is 11.5 Å². The molecule has 0 unspecified atom stereocenters. The molecule has 0 saturated heterocycles. The van der Waals surface area contributed by atoms with E-state index in [0.29, 0.717) is 0 Å². The summed E-state index contributed by atoms with van der Waals surface area (Å²) in [5.74, 6) is 1.89. The Balaban J connectivity index is 2.40. The van der Waals surface area contributed by atoms with E-state index in [1.165, 1.54) is 16.7 Å². The van der Waals surface area contributed by atoms with E-state index in [1.807, 2.05) is 18.2 Å². The lowest BCUT2D eigenvalue weighted by atomic mass is 10.1. The molecule has 1 nitrogen and oxygen atoms in total. The van der Waals surface area contributed by atoms with Gasteiger partial charge in [0.1, 0.15) is 11.5 Å². The van der Waals surface area contributed by atoms with Gasteiger partial charge in [0.15, 0.2) is 0 Å². The summed E-state index contributed by atoms with van der Waals surface area (Å²) in [6, 6.07) is 12.4. The van der Waals surface area contributed by atoms with Gasteiger partial charge in [-0.3, -0.25) is 0 Å². The molecule has 0 fully saturated rings. The van der Waals surface area contributed by atoms with Gasteiger partial charge in [0, 0.05) is 0 Å². The van der Waals surface area contributed by atoms with Crippen molar-refractivity contribution >= 4 is 0 Å². The Bertz CT molecular complexity index is 541. The fourth-order valence-electron chi connectivity index (χ4n) is 1.90. The zero-order valence-electron chi connectivity index (χ0n) is 10.9. The van der Waals surface area contributed by atoms with E-state index >= 15 is 0 Å². The lowest BCUT2D eigenvalue weighted by Gasteiger charge is -2.13. The third-order valence-corrected chi connectivity index (χ3v) is 3.08. The van der Waals surface area contributed by atoms with Crippen LogP contribution in [0.1, 0.15) is 22.3 Å². The van der Waals surface area contributed by atoms with Gasteiger partial charge >= 0.3 is 0 Å². The van der Waals surface area contributed by atoms with Crippen LogP contribution in [0.25, 0.3) is 0 Å². The van der Waals surface area contributed by atoms with Crippen molar-refractivity contribution in [3.63, 3.8) is 0 Å². The molecule has 2 aromatic rings.